The summed E-state index contributed by atoms with van der Waals surface area (Å²) in [4.78, 5) is 27.9. The SMILES string of the molecule is COC(=O)[C@@H](c1ccccc1)N(CC=C(c1ccccc1)c1ccccc1)C(=O)NC(C)(C)C. The molecule has 0 aliphatic rings. The summed E-state index contributed by atoms with van der Waals surface area (Å²) in [5, 5.41) is 3.00. The van der Waals surface area contributed by atoms with Crippen molar-refractivity contribution in [2.75, 3.05) is 13.7 Å². The van der Waals surface area contributed by atoms with Crippen molar-refractivity contribution in [2.45, 2.75) is 32.4 Å². The number of urea groups is 1. The Kier molecular flexibility index (Phi) is 8.25. The minimum atomic E-state index is -0.891. The Balaban J connectivity index is 2.08. The van der Waals surface area contributed by atoms with Crippen molar-refractivity contribution in [1.29, 1.82) is 0 Å². The van der Waals surface area contributed by atoms with Crippen molar-refractivity contribution < 1.29 is 14.3 Å². The molecular formula is C29H32N2O3. The van der Waals surface area contributed by atoms with Crippen molar-refractivity contribution >= 4 is 17.6 Å². The van der Waals surface area contributed by atoms with E-state index in [2.05, 4.69) is 5.32 Å². The van der Waals surface area contributed by atoms with E-state index in [-0.39, 0.29) is 12.6 Å². The third-order valence-electron chi connectivity index (χ3n) is 5.26. The Labute approximate surface area is 202 Å². The van der Waals surface area contributed by atoms with Crippen molar-refractivity contribution in [3.05, 3.63) is 114 Å². The van der Waals surface area contributed by atoms with Crippen LogP contribution in [0.3, 0.4) is 0 Å². The van der Waals surface area contributed by atoms with Crippen LogP contribution in [0.5, 0.6) is 0 Å². The summed E-state index contributed by atoms with van der Waals surface area (Å²) in [6.45, 7) is 5.94. The van der Waals surface area contributed by atoms with Crippen LogP contribution in [0.25, 0.3) is 5.57 Å². The topological polar surface area (TPSA) is 58.6 Å². The molecule has 0 saturated heterocycles. The number of hydrogen-bond acceptors (Lipinski definition) is 3. The van der Waals surface area contributed by atoms with Crippen LogP contribution in [0.1, 0.15) is 43.5 Å². The average molecular weight is 457 g/mol. The van der Waals surface area contributed by atoms with Gasteiger partial charge in [0.15, 0.2) is 6.04 Å². The number of nitrogens with zero attached hydrogens (tertiary/aromatic N) is 1. The normalized spacial score (nSPS) is 11.8. The predicted octanol–water partition coefficient (Wildman–Crippen LogP) is 5.84. The van der Waals surface area contributed by atoms with Gasteiger partial charge in [-0.25, -0.2) is 9.59 Å². The van der Waals surface area contributed by atoms with Gasteiger partial charge in [-0.3, -0.25) is 0 Å². The maximum absolute atomic E-state index is 13.5. The molecule has 1 N–H and O–H groups in total. The molecule has 0 heterocycles. The van der Waals surface area contributed by atoms with Gasteiger partial charge in [-0.15, -0.1) is 0 Å². The minimum absolute atomic E-state index is 0.204. The van der Waals surface area contributed by atoms with Gasteiger partial charge >= 0.3 is 12.0 Å². The Morgan fingerprint density at radius 3 is 1.76 bits per heavy atom. The first-order chi connectivity index (χ1) is 16.3. The third-order valence-corrected chi connectivity index (χ3v) is 5.26. The van der Waals surface area contributed by atoms with Crippen LogP contribution >= 0.6 is 0 Å². The number of benzene rings is 3. The standard InChI is InChI=1S/C29H32N2O3/c1-29(2,3)30-28(33)31(26(27(32)34-4)24-18-12-7-13-19-24)21-20-25(22-14-8-5-9-15-22)23-16-10-6-11-17-23/h5-20,26H,21H2,1-4H3,(H,30,33)/t26-/m1/s1. The van der Waals surface area contributed by atoms with Gasteiger partial charge in [0, 0.05) is 12.1 Å². The highest BCUT2D eigenvalue weighted by Gasteiger charge is 2.33. The van der Waals surface area contributed by atoms with Crippen LogP contribution in [0.2, 0.25) is 0 Å². The predicted molar refractivity (Wildman–Crippen MR) is 136 cm³/mol. The second kappa shape index (κ2) is 11.3. The van der Waals surface area contributed by atoms with Gasteiger partial charge in [0.1, 0.15) is 0 Å². The molecule has 0 saturated carbocycles. The van der Waals surface area contributed by atoms with Crippen molar-refractivity contribution in [3.8, 4) is 0 Å². The summed E-state index contributed by atoms with van der Waals surface area (Å²) < 4.78 is 5.12. The summed E-state index contributed by atoms with van der Waals surface area (Å²) in [7, 11) is 1.34. The average Bonchev–Trinajstić information content (AvgIpc) is 2.84. The number of hydrogen-bond donors (Lipinski definition) is 1. The number of carbonyl (C=O) groups is 2. The van der Waals surface area contributed by atoms with Crippen molar-refractivity contribution in [2.24, 2.45) is 0 Å². The first kappa shape index (κ1) is 24.8. The highest BCUT2D eigenvalue weighted by atomic mass is 16.5. The molecule has 5 nitrogen and oxygen atoms in total. The molecule has 0 bridgehead atoms. The Hall–Kier alpha value is -3.86. The molecular weight excluding hydrogens is 424 g/mol. The first-order valence-corrected chi connectivity index (χ1v) is 11.3. The fourth-order valence-corrected chi connectivity index (χ4v) is 3.72. The third kappa shape index (κ3) is 6.58. The van der Waals surface area contributed by atoms with E-state index in [0.29, 0.717) is 5.56 Å². The van der Waals surface area contributed by atoms with Crippen LogP contribution in [0, 0.1) is 0 Å². The van der Waals surface area contributed by atoms with Crippen LogP contribution in [-0.4, -0.2) is 36.1 Å². The minimum Gasteiger partial charge on any atom is -0.467 e. The molecule has 5 heteroatoms. The van der Waals surface area contributed by atoms with E-state index in [0.717, 1.165) is 16.7 Å². The lowest BCUT2D eigenvalue weighted by atomic mass is 9.97. The zero-order valence-corrected chi connectivity index (χ0v) is 20.2. The highest BCUT2D eigenvalue weighted by Crippen LogP contribution is 2.27. The fraction of sp³-hybridized carbons (Fsp3) is 0.241. The number of carbonyl (C=O) groups excluding carboxylic acids is 2. The molecule has 176 valence electrons. The van der Waals surface area contributed by atoms with Gasteiger partial charge in [-0.1, -0.05) is 97.1 Å². The molecule has 1 atom stereocenters. The fourth-order valence-electron chi connectivity index (χ4n) is 3.72. The van der Waals surface area contributed by atoms with E-state index in [9.17, 15) is 9.59 Å². The molecule has 0 aliphatic carbocycles. The molecule has 0 radical (unpaired) electrons. The molecule has 0 fully saturated rings. The molecule has 0 aromatic heterocycles. The first-order valence-electron chi connectivity index (χ1n) is 11.3. The molecule has 0 spiro atoms. The van der Waals surface area contributed by atoms with Crippen molar-refractivity contribution in [1.82, 2.24) is 10.2 Å². The monoisotopic (exact) mass is 456 g/mol. The van der Waals surface area contributed by atoms with Gasteiger partial charge in [-0.05, 0) is 43.0 Å². The maximum Gasteiger partial charge on any atom is 0.333 e. The Morgan fingerprint density at radius 2 is 1.32 bits per heavy atom. The summed E-state index contributed by atoms with van der Waals surface area (Å²) in [5.41, 5.74) is 3.25. The van der Waals surface area contributed by atoms with E-state index in [4.69, 9.17) is 4.74 Å². The number of ether oxygens (including phenoxy) is 1. The summed E-state index contributed by atoms with van der Waals surface area (Å²) >= 11 is 0. The lowest BCUT2D eigenvalue weighted by Crippen LogP contribution is -2.51. The van der Waals surface area contributed by atoms with Gasteiger partial charge in [0.25, 0.3) is 0 Å². The van der Waals surface area contributed by atoms with E-state index in [1.165, 1.54) is 12.0 Å². The molecule has 3 aromatic rings. The van der Waals surface area contributed by atoms with E-state index in [1.807, 2.05) is 118 Å². The molecule has 0 aliphatic heterocycles. The largest absolute Gasteiger partial charge is 0.467 e. The number of nitrogens with one attached hydrogen (secondary N) is 1. The van der Waals surface area contributed by atoms with E-state index >= 15 is 0 Å². The zero-order chi connectivity index (χ0) is 24.6. The van der Waals surface area contributed by atoms with Crippen molar-refractivity contribution in [3.63, 3.8) is 0 Å². The molecule has 3 aromatic carbocycles. The summed E-state index contributed by atoms with van der Waals surface area (Å²) in [6, 6.07) is 28.0. The highest BCUT2D eigenvalue weighted by molar-refractivity contribution is 5.86. The second-order valence-corrected chi connectivity index (χ2v) is 9.02. The zero-order valence-electron chi connectivity index (χ0n) is 20.2. The molecule has 2 amide bonds. The molecule has 0 unspecified atom stereocenters. The van der Waals surface area contributed by atoms with Crippen LogP contribution in [-0.2, 0) is 9.53 Å². The summed E-state index contributed by atoms with van der Waals surface area (Å²) in [6.07, 6.45) is 1.99. The summed E-state index contributed by atoms with van der Waals surface area (Å²) in [5.74, 6) is -0.496. The van der Waals surface area contributed by atoms with Gasteiger partial charge in [0.2, 0.25) is 0 Å². The quantitative estimate of drug-likeness (QED) is 0.454. The van der Waals surface area contributed by atoms with E-state index < -0.39 is 17.6 Å². The smallest absolute Gasteiger partial charge is 0.333 e. The number of amides is 2. The lowest BCUT2D eigenvalue weighted by molar-refractivity contribution is -0.146. The van der Waals surface area contributed by atoms with Crippen LogP contribution in [0.4, 0.5) is 4.79 Å². The molecule has 34 heavy (non-hydrogen) atoms. The second-order valence-electron chi connectivity index (χ2n) is 9.02. The van der Waals surface area contributed by atoms with E-state index in [1.54, 1.807) is 0 Å². The number of rotatable bonds is 7. The lowest BCUT2D eigenvalue weighted by Gasteiger charge is -2.33. The van der Waals surface area contributed by atoms with Crippen LogP contribution in [0.15, 0.2) is 97.1 Å². The van der Waals surface area contributed by atoms with Crippen LogP contribution < -0.4 is 5.32 Å². The van der Waals surface area contributed by atoms with Gasteiger partial charge in [0.05, 0.1) is 7.11 Å². The Morgan fingerprint density at radius 1 is 0.853 bits per heavy atom. The number of methoxy groups -OCH3 is 1. The van der Waals surface area contributed by atoms with Gasteiger partial charge < -0.3 is 15.0 Å². The molecule has 3 rings (SSSR count). The maximum atomic E-state index is 13.5. The Bertz CT molecular complexity index is 1060. The van der Waals surface area contributed by atoms with Gasteiger partial charge in [-0.2, -0.15) is 0 Å². The number of esters is 1.